The highest BCUT2D eigenvalue weighted by Gasteiger charge is 2.53. The second kappa shape index (κ2) is 7.41. The van der Waals surface area contributed by atoms with Gasteiger partial charge in [0.1, 0.15) is 0 Å². The summed E-state index contributed by atoms with van der Waals surface area (Å²) in [5.41, 5.74) is 1.65. The van der Waals surface area contributed by atoms with Crippen LogP contribution in [0.5, 0.6) is 0 Å². The third-order valence-corrected chi connectivity index (χ3v) is 7.31. The van der Waals surface area contributed by atoms with Gasteiger partial charge in [-0.25, -0.2) is 4.79 Å². The third kappa shape index (κ3) is 3.76. The number of rotatable bonds is 6. The zero-order chi connectivity index (χ0) is 19.9. The number of nitrogens with one attached hydrogen (secondary N) is 1. The van der Waals surface area contributed by atoms with Gasteiger partial charge >= 0.3 is 5.97 Å². The van der Waals surface area contributed by atoms with Crippen LogP contribution in [0.3, 0.4) is 0 Å². The monoisotopic (exact) mass is 384 g/mol. The van der Waals surface area contributed by atoms with E-state index >= 15 is 0 Å². The van der Waals surface area contributed by atoms with E-state index in [-0.39, 0.29) is 24.0 Å². The lowest BCUT2D eigenvalue weighted by molar-refractivity contribution is -0.128. The van der Waals surface area contributed by atoms with E-state index < -0.39 is 5.97 Å². The summed E-state index contributed by atoms with van der Waals surface area (Å²) in [5, 5.41) is 3.15. The van der Waals surface area contributed by atoms with Gasteiger partial charge < -0.3 is 15.0 Å². The SMILES string of the molecule is C[C@H](NC(=O)COC(=O)c1cccc(N(C)C)c1)C12CC3CC(CC(C3)C1)C2. The standard InChI is InChI=1S/C23H32N2O3/c1-15(23-11-16-7-17(12-23)9-18(8-16)13-23)24-21(26)14-28-22(27)19-5-4-6-20(10-19)25(2)3/h4-6,10,15-18H,7-9,11-14H2,1-3H3,(H,24,26)/t15-,16?,17?,18?,23?/m0/s1. The lowest BCUT2D eigenvalue weighted by atomic mass is 9.48. The molecule has 4 fully saturated rings. The van der Waals surface area contributed by atoms with Gasteiger partial charge in [0.2, 0.25) is 0 Å². The first kappa shape index (κ1) is 19.3. The summed E-state index contributed by atoms with van der Waals surface area (Å²) >= 11 is 0. The number of nitrogens with zero attached hydrogens (tertiary/aromatic N) is 1. The van der Waals surface area contributed by atoms with Crippen molar-refractivity contribution in [1.29, 1.82) is 0 Å². The van der Waals surface area contributed by atoms with E-state index in [1.807, 2.05) is 31.1 Å². The highest BCUT2D eigenvalue weighted by molar-refractivity contribution is 5.92. The lowest BCUT2D eigenvalue weighted by Gasteiger charge is -2.59. The van der Waals surface area contributed by atoms with Crippen LogP contribution in [0.2, 0.25) is 0 Å². The lowest BCUT2D eigenvalue weighted by Crippen LogP contribution is -2.56. The summed E-state index contributed by atoms with van der Waals surface area (Å²) in [5.74, 6) is 1.91. The van der Waals surface area contributed by atoms with Gasteiger partial charge in [-0.1, -0.05) is 6.07 Å². The maximum absolute atomic E-state index is 12.5. The number of benzene rings is 1. The summed E-state index contributed by atoms with van der Waals surface area (Å²) in [6.07, 6.45) is 7.92. The highest BCUT2D eigenvalue weighted by atomic mass is 16.5. The van der Waals surface area contributed by atoms with Crippen LogP contribution in [-0.2, 0) is 9.53 Å². The minimum atomic E-state index is -0.457. The Morgan fingerprint density at radius 3 is 2.32 bits per heavy atom. The number of ether oxygens (including phenoxy) is 1. The van der Waals surface area contributed by atoms with E-state index in [1.165, 1.54) is 38.5 Å². The Morgan fingerprint density at radius 2 is 1.75 bits per heavy atom. The molecule has 0 unspecified atom stereocenters. The topological polar surface area (TPSA) is 58.6 Å². The van der Waals surface area contributed by atoms with Crippen molar-refractivity contribution in [2.45, 2.75) is 51.5 Å². The first-order valence-corrected chi connectivity index (χ1v) is 10.6. The molecule has 4 saturated carbocycles. The Balaban J connectivity index is 1.31. The Labute approximate surface area is 167 Å². The van der Waals surface area contributed by atoms with Gasteiger partial charge in [0, 0.05) is 25.8 Å². The van der Waals surface area contributed by atoms with Crippen LogP contribution in [0.4, 0.5) is 5.69 Å². The number of carbonyl (C=O) groups excluding carboxylic acids is 2. The van der Waals surface area contributed by atoms with Crippen LogP contribution < -0.4 is 10.2 Å². The maximum Gasteiger partial charge on any atom is 0.338 e. The highest BCUT2D eigenvalue weighted by Crippen LogP contribution is 2.61. The third-order valence-electron chi connectivity index (χ3n) is 7.31. The zero-order valence-electron chi connectivity index (χ0n) is 17.2. The van der Waals surface area contributed by atoms with Crippen LogP contribution in [0.15, 0.2) is 24.3 Å². The first-order chi connectivity index (χ1) is 13.3. The van der Waals surface area contributed by atoms with Gasteiger partial charge in [-0.2, -0.15) is 0 Å². The van der Waals surface area contributed by atoms with Crippen molar-refractivity contribution in [3.05, 3.63) is 29.8 Å². The average molecular weight is 385 g/mol. The van der Waals surface area contributed by atoms with Crippen LogP contribution in [0.25, 0.3) is 0 Å². The predicted octanol–water partition coefficient (Wildman–Crippen LogP) is 3.63. The minimum absolute atomic E-state index is 0.143. The molecule has 0 aliphatic heterocycles. The van der Waals surface area contributed by atoms with E-state index in [0.29, 0.717) is 5.56 Å². The molecule has 0 heterocycles. The van der Waals surface area contributed by atoms with Crippen molar-refractivity contribution < 1.29 is 14.3 Å². The average Bonchev–Trinajstić information content (AvgIpc) is 2.65. The Kier molecular flexibility index (Phi) is 5.11. The fourth-order valence-corrected chi connectivity index (χ4v) is 6.27. The molecule has 0 aromatic heterocycles. The van der Waals surface area contributed by atoms with Gasteiger partial charge in [0.15, 0.2) is 6.61 Å². The van der Waals surface area contributed by atoms with Crippen molar-refractivity contribution in [3.8, 4) is 0 Å². The summed E-state index contributed by atoms with van der Waals surface area (Å²) in [6.45, 7) is 1.93. The molecule has 1 aromatic carbocycles. The second-order valence-electron chi connectivity index (χ2n) is 9.59. The van der Waals surface area contributed by atoms with Gasteiger partial charge in [-0.15, -0.1) is 0 Å². The molecule has 4 aliphatic rings. The molecule has 1 amide bonds. The number of amides is 1. The van der Waals surface area contributed by atoms with E-state index in [4.69, 9.17) is 4.74 Å². The molecule has 5 nitrogen and oxygen atoms in total. The summed E-state index contributed by atoms with van der Waals surface area (Å²) < 4.78 is 5.27. The largest absolute Gasteiger partial charge is 0.452 e. The Bertz CT molecular complexity index is 723. The van der Waals surface area contributed by atoms with E-state index in [2.05, 4.69) is 12.2 Å². The molecule has 0 radical (unpaired) electrons. The first-order valence-electron chi connectivity index (χ1n) is 10.6. The molecule has 5 heteroatoms. The summed E-state index contributed by atoms with van der Waals surface area (Å²) in [4.78, 5) is 26.7. The van der Waals surface area contributed by atoms with E-state index in [1.54, 1.807) is 12.1 Å². The molecule has 4 aliphatic carbocycles. The van der Waals surface area contributed by atoms with Crippen molar-refractivity contribution in [2.24, 2.45) is 23.2 Å². The molecule has 5 rings (SSSR count). The number of hydrogen-bond donors (Lipinski definition) is 1. The van der Waals surface area contributed by atoms with E-state index in [9.17, 15) is 9.59 Å². The summed E-state index contributed by atoms with van der Waals surface area (Å²) in [6, 6.07) is 7.38. The smallest absolute Gasteiger partial charge is 0.338 e. The molecule has 4 bridgehead atoms. The van der Waals surface area contributed by atoms with Crippen molar-refractivity contribution in [3.63, 3.8) is 0 Å². The van der Waals surface area contributed by atoms with Gasteiger partial charge in [0.25, 0.3) is 5.91 Å². The quantitative estimate of drug-likeness (QED) is 0.761. The molecule has 1 atom stereocenters. The summed E-state index contributed by atoms with van der Waals surface area (Å²) in [7, 11) is 3.84. The number of esters is 1. The Hall–Kier alpha value is -2.04. The molecule has 0 spiro atoms. The Morgan fingerprint density at radius 1 is 1.14 bits per heavy atom. The van der Waals surface area contributed by atoms with Crippen LogP contribution >= 0.6 is 0 Å². The zero-order valence-corrected chi connectivity index (χ0v) is 17.2. The number of hydrogen-bond acceptors (Lipinski definition) is 4. The molecule has 152 valence electrons. The van der Waals surface area contributed by atoms with E-state index in [0.717, 1.165) is 23.4 Å². The van der Waals surface area contributed by atoms with Gasteiger partial charge in [0.05, 0.1) is 5.56 Å². The maximum atomic E-state index is 12.5. The predicted molar refractivity (Wildman–Crippen MR) is 109 cm³/mol. The second-order valence-corrected chi connectivity index (χ2v) is 9.59. The van der Waals surface area contributed by atoms with Gasteiger partial charge in [-0.05, 0) is 86.8 Å². The van der Waals surface area contributed by atoms with Gasteiger partial charge in [-0.3, -0.25) is 4.79 Å². The van der Waals surface area contributed by atoms with Crippen molar-refractivity contribution >= 4 is 17.6 Å². The molecule has 1 aromatic rings. The van der Waals surface area contributed by atoms with Crippen LogP contribution in [0, 0.1) is 23.2 Å². The minimum Gasteiger partial charge on any atom is -0.452 e. The van der Waals surface area contributed by atoms with Crippen molar-refractivity contribution in [2.75, 3.05) is 25.6 Å². The fraction of sp³-hybridized carbons (Fsp3) is 0.652. The van der Waals surface area contributed by atoms with Crippen LogP contribution in [-0.4, -0.2) is 38.6 Å². The molecule has 0 saturated heterocycles. The molecule has 1 N–H and O–H groups in total. The normalized spacial score (nSPS) is 31.3. The molecular formula is C23H32N2O3. The number of carbonyl (C=O) groups is 2. The fourth-order valence-electron chi connectivity index (χ4n) is 6.27. The molecule has 28 heavy (non-hydrogen) atoms. The molecular weight excluding hydrogens is 352 g/mol. The number of anilines is 1. The van der Waals surface area contributed by atoms with Crippen molar-refractivity contribution in [1.82, 2.24) is 5.32 Å². The van der Waals surface area contributed by atoms with Crippen LogP contribution in [0.1, 0.15) is 55.8 Å².